The lowest BCUT2D eigenvalue weighted by Gasteiger charge is -2.50. The minimum Gasteiger partial charge on any atom is -0.398 e. The molecular weight excluding hydrogens is 424 g/mol. The summed E-state index contributed by atoms with van der Waals surface area (Å²) in [5.41, 5.74) is 5.39. The Balaban J connectivity index is 0.000000180. The van der Waals surface area contributed by atoms with Gasteiger partial charge >= 0.3 is 0 Å². The number of hydrogen-bond acceptors (Lipinski definition) is 7. The van der Waals surface area contributed by atoms with E-state index in [1.165, 1.54) is 19.6 Å². The van der Waals surface area contributed by atoms with E-state index in [2.05, 4.69) is 4.90 Å². The number of nitrogens with zero attached hydrogens (tertiary/aromatic N) is 3. The zero-order chi connectivity index (χ0) is 22.6. The van der Waals surface area contributed by atoms with Crippen molar-refractivity contribution in [1.29, 1.82) is 0 Å². The van der Waals surface area contributed by atoms with Gasteiger partial charge in [0.05, 0.1) is 30.2 Å². The number of carbonyl (C=O) groups is 1. The highest BCUT2D eigenvalue weighted by Gasteiger charge is 2.39. The third-order valence-electron chi connectivity index (χ3n) is 5.73. The number of quaternary nitrogens is 1. The van der Waals surface area contributed by atoms with Gasteiger partial charge < -0.3 is 10.2 Å². The highest BCUT2D eigenvalue weighted by Crippen LogP contribution is 2.23. The van der Waals surface area contributed by atoms with E-state index in [9.17, 15) is 23.3 Å². The predicted octanol–water partition coefficient (Wildman–Crippen LogP) is 1.44. The second-order valence-corrected chi connectivity index (χ2v) is 9.15. The number of piperazine rings is 3. The molecule has 3 heterocycles. The van der Waals surface area contributed by atoms with Gasteiger partial charge in [0.25, 0.3) is 15.8 Å². The number of fused-ring (bicyclic) bond motifs is 3. The molecule has 0 aliphatic carbocycles. The molecule has 3 saturated heterocycles. The van der Waals surface area contributed by atoms with E-state index in [0.717, 1.165) is 41.8 Å². The van der Waals surface area contributed by atoms with E-state index < -0.39 is 25.6 Å². The minimum atomic E-state index is -4.52. The molecule has 0 spiro atoms. The molecule has 3 N–H and O–H groups in total. The van der Waals surface area contributed by atoms with E-state index >= 15 is 0 Å². The van der Waals surface area contributed by atoms with E-state index in [4.69, 9.17) is 10.3 Å². The van der Waals surface area contributed by atoms with Gasteiger partial charge in [0.2, 0.25) is 5.78 Å². The Morgan fingerprint density at radius 2 is 1.68 bits per heavy atom. The van der Waals surface area contributed by atoms with Gasteiger partial charge in [0, 0.05) is 37.3 Å². The van der Waals surface area contributed by atoms with E-state index in [1.807, 2.05) is 30.3 Å². The summed E-state index contributed by atoms with van der Waals surface area (Å²) >= 11 is 0. The summed E-state index contributed by atoms with van der Waals surface area (Å²) in [6.07, 6.45) is 0. The Morgan fingerprint density at radius 1 is 1.10 bits per heavy atom. The number of Topliss-reactive ketones (excluding diaryl/α,β-unsaturated/α-hetero) is 1. The molecule has 0 atom stereocenters. The van der Waals surface area contributed by atoms with Crippen LogP contribution in [0.5, 0.6) is 0 Å². The summed E-state index contributed by atoms with van der Waals surface area (Å²) in [7, 11) is -4.52. The van der Waals surface area contributed by atoms with Crippen molar-refractivity contribution in [2.45, 2.75) is 4.90 Å². The quantitative estimate of drug-likeness (QED) is 0.174. The topological polar surface area (TPSA) is 144 Å². The summed E-state index contributed by atoms with van der Waals surface area (Å²) in [5.74, 6) is 0.306. The van der Waals surface area contributed by atoms with E-state index in [-0.39, 0.29) is 5.69 Å². The molecule has 3 aliphatic rings. The molecule has 10 nitrogen and oxygen atoms in total. The van der Waals surface area contributed by atoms with Crippen LogP contribution >= 0.6 is 0 Å². The summed E-state index contributed by atoms with van der Waals surface area (Å²) in [5, 5.41) is 10.3. The summed E-state index contributed by atoms with van der Waals surface area (Å²) < 4.78 is 31.0. The van der Waals surface area contributed by atoms with Gasteiger partial charge in [0.15, 0.2) is 0 Å². The van der Waals surface area contributed by atoms with Crippen molar-refractivity contribution < 1.29 is 27.2 Å². The van der Waals surface area contributed by atoms with Crippen LogP contribution in [0.15, 0.2) is 53.4 Å². The van der Waals surface area contributed by atoms with E-state index in [0.29, 0.717) is 18.4 Å². The number of nitro benzene ring substituents is 1. The summed E-state index contributed by atoms with van der Waals surface area (Å²) in [4.78, 5) is 23.6. The lowest BCUT2D eigenvalue weighted by Crippen LogP contribution is -2.68. The van der Waals surface area contributed by atoms with Gasteiger partial charge in [-0.05, 0) is 6.07 Å². The molecule has 11 heteroatoms. The molecule has 0 amide bonds. The van der Waals surface area contributed by atoms with Gasteiger partial charge in [-0.2, -0.15) is 8.42 Å². The fraction of sp³-hybridized carbons (Fsp3) is 0.350. The number of benzene rings is 2. The zero-order valence-corrected chi connectivity index (χ0v) is 17.7. The Kier molecular flexibility index (Phi) is 6.70. The first-order valence-corrected chi connectivity index (χ1v) is 11.2. The van der Waals surface area contributed by atoms with Crippen molar-refractivity contribution in [2.24, 2.45) is 0 Å². The second kappa shape index (κ2) is 9.10. The van der Waals surface area contributed by atoms with Crippen molar-refractivity contribution in [1.82, 2.24) is 4.90 Å². The maximum absolute atomic E-state index is 12.3. The summed E-state index contributed by atoms with van der Waals surface area (Å²) in [6, 6.07) is 12.5. The molecule has 5 rings (SSSR count). The molecule has 0 radical (unpaired) electrons. The van der Waals surface area contributed by atoms with Gasteiger partial charge in [-0.15, -0.1) is 0 Å². The number of rotatable bonds is 5. The number of nitro groups is 1. The van der Waals surface area contributed by atoms with Crippen molar-refractivity contribution >= 4 is 27.3 Å². The van der Waals surface area contributed by atoms with Crippen LogP contribution in [0.4, 0.5) is 11.4 Å². The highest BCUT2D eigenvalue weighted by molar-refractivity contribution is 7.86. The van der Waals surface area contributed by atoms with Crippen LogP contribution in [0.3, 0.4) is 0 Å². The fourth-order valence-corrected chi connectivity index (χ4v) is 4.48. The number of nitrogens with two attached hydrogens (primary N) is 1. The Morgan fingerprint density at radius 3 is 2.19 bits per heavy atom. The standard InChI is InChI=1S/C14H19N2O.C6H6N2O5S/c17-14(13-4-2-1-3-5-13)12-16-9-6-15(7-10-16)8-11-16;7-5-2-1-4(8(9)10)3-6(5)14(11,12)13/h1-5H,6-12H2;1-3H,7H2,(H,11,12,13)/q+1;. The number of ketones is 1. The average Bonchev–Trinajstić information content (AvgIpc) is 2.75. The number of hydrogen-bond donors (Lipinski definition) is 2. The third-order valence-corrected chi connectivity index (χ3v) is 6.64. The zero-order valence-electron chi connectivity index (χ0n) is 16.9. The molecule has 166 valence electrons. The van der Waals surface area contributed by atoms with Crippen molar-refractivity contribution in [2.75, 3.05) is 51.5 Å². The van der Waals surface area contributed by atoms with Crippen molar-refractivity contribution in [3.05, 3.63) is 64.2 Å². The molecule has 0 saturated carbocycles. The van der Waals surface area contributed by atoms with Crippen LogP contribution in [-0.2, 0) is 10.1 Å². The van der Waals surface area contributed by atoms with Crippen LogP contribution in [0, 0.1) is 10.1 Å². The molecule has 0 aromatic heterocycles. The predicted molar refractivity (Wildman–Crippen MR) is 114 cm³/mol. The van der Waals surface area contributed by atoms with Crippen molar-refractivity contribution in [3.63, 3.8) is 0 Å². The SMILES string of the molecule is Nc1ccc([N+](=O)[O-])cc1S(=O)(=O)O.O=C(C[N+]12CCN(CC1)CC2)c1ccccc1. The molecule has 3 fully saturated rings. The molecule has 31 heavy (non-hydrogen) atoms. The van der Waals surface area contributed by atoms with Gasteiger partial charge in [-0.1, -0.05) is 30.3 Å². The fourth-order valence-electron chi connectivity index (χ4n) is 3.85. The van der Waals surface area contributed by atoms with Crippen molar-refractivity contribution in [3.8, 4) is 0 Å². The normalized spacial score (nSPS) is 22.3. The van der Waals surface area contributed by atoms with Crippen LogP contribution in [-0.4, -0.2) is 78.9 Å². The summed E-state index contributed by atoms with van der Waals surface area (Å²) in [6.45, 7) is 7.65. The van der Waals surface area contributed by atoms with Crippen LogP contribution in [0.25, 0.3) is 0 Å². The Bertz CT molecular complexity index is 1050. The van der Waals surface area contributed by atoms with Crippen LogP contribution in [0.2, 0.25) is 0 Å². The number of non-ortho nitro benzene ring substituents is 1. The lowest BCUT2D eigenvalue weighted by atomic mass is 10.1. The first-order valence-electron chi connectivity index (χ1n) is 9.77. The molecule has 2 aromatic carbocycles. The maximum atomic E-state index is 12.3. The first-order chi connectivity index (χ1) is 14.6. The number of carbonyl (C=O) groups excluding carboxylic acids is 1. The van der Waals surface area contributed by atoms with Gasteiger partial charge in [-0.25, -0.2) is 0 Å². The number of nitrogen functional groups attached to an aromatic ring is 1. The molecule has 2 aromatic rings. The average molecular weight is 450 g/mol. The third kappa shape index (κ3) is 5.64. The monoisotopic (exact) mass is 449 g/mol. The number of anilines is 1. The largest absolute Gasteiger partial charge is 0.398 e. The molecule has 0 unspecified atom stereocenters. The smallest absolute Gasteiger partial charge is 0.296 e. The van der Waals surface area contributed by atoms with Crippen LogP contribution in [0.1, 0.15) is 10.4 Å². The second-order valence-electron chi connectivity index (χ2n) is 7.76. The minimum absolute atomic E-state index is 0.238. The van der Waals surface area contributed by atoms with E-state index in [1.54, 1.807) is 0 Å². The Labute approximate surface area is 180 Å². The Hall–Kier alpha value is -2.86. The maximum Gasteiger partial charge on any atom is 0.296 e. The van der Waals surface area contributed by atoms with Crippen LogP contribution < -0.4 is 5.73 Å². The highest BCUT2D eigenvalue weighted by atomic mass is 32.2. The molecule has 3 aliphatic heterocycles. The van der Waals surface area contributed by atoms with Gasteiger partial charge in [-0.3, -0.25) is 24.4 Å². The first kappa shape index (κ1) is 22.8. The molecular formula is C20H25N4O6S+. The van der Waals surface area contributed by atoms with Gasteiger partial charge in [0.1, 0.15) is 11.4 Å². The lowest BCUT2D eigenvalue weighted by molar-refractivity contribution is -0.933. The molecule has 2 bridgehead atoms.